The zero-order valence-electron chi connectivity index (χ0n) is 19.0. The van der Waals surface area contributed by atoms with Crippen LogP contribution in [0.2, 0.25) is 0 Å². The number of ether oxygens (including phenoxy) is 2. The Morgan fingerprint density at radius 1 is 1.03 bits per heavy atom. The number of carbonyl (C=O) groups is 2. The Kier molecular flexibility index (Phi) is 6.73. The summed E-state index contributed by atoms with van der Waals surface area (Å²) in [6.45, 7) is 2.30. The Morgan fingerprint density at radius 3 is 2.44 bits per heavy atom. The molecule has 0 aliphatic carbocycles. The predicted octanol–water partition coefficient (Wildman–Crippen LogP) is 4.22. The molecule has 0 atom stereocenters. The molecule has 2 amide bonds. The van der Waals surface area contributed by atoms with E-state index < -0.39 is 5.91 Å². The van der Waals surface area contributed by atoms with Crippen LogP contribution in [0.4, 0.5) is 5.69 Å². The summed E-state index contributed by atoms with van der Waals surface area (Å²) in [6, 6.07) is 22.1. The summed E-state index contributed by atoms with van der Waals surface area (Å²) >= 11 is 0. The molecule has 1 aliphatic heterocycles. The molecule has 0 aromatic heterocycles. The lowest BCUT2D eigenvalue weighted by molar-refractivity contribution is -0.114. The first-order valence-corrected chi connectivity index (χ1v) is 10.8. The molecule has 1 heterocycles. The molecule has 0 saturated heterocycles. The second-order valence-corrected chi connectivity index (χ2v) is 7.77. The molecule has 0 saturated carbocycles. The molecule has 3 aromatic rings. The first-order valence-electron chi connectivity index (χ1n) is 10.8. The Hall–Kier alpha value is -4.39. The first kappa shape index (κ1) is 22.8. The van der Waals surface area contributed by atoms with Crippen molar-refractivity contribution in [1.82, 2.24) is 0 Å². The number of benzene rings is 3. The van der Waals surface area contributed by atoms with Crippen molar-refractivity contribution in [1.29, 1.82) is 0 Å². The second-order valence-electron chi connectivity index (χ2n) is 7.77. The zero-order valence-corrected chi connectivity index (χ0v) is 19.0. The summed E-state index contributed by atoms with van der Waals surface area (Å²) < 4.78 is 11.4. The highest BCUT2D eigenvalue weighted by atomic mass is 16.5. The maximum Gasteiger partial charge on any atom is 0.280 e. The van der Waals surface area contributed by atoms with Crippen molar-refractivity contribution in [3.05, 3.63) is 95.1 Å². The number of primary amides is 1. The number of rotatable bonds is 8. The van der Waals surface area contributed by atoms with Gasteiger partial charge in [-0.2, -0.15) is 10.1 Å². The number of hydrogen-bond donors (Lipinski definition) is 1. The lowest BCUT2D eigenvalue weighted by Crippen LogP contribution is -2.21. The minimum atomic E-state index is -0.527. The molecule has 34 heavy (non-hydrogen) atoms. The quantitative estimate of drug-likeness (QED) is 0.515. The topological polar surface area (TPSA) is 94.2 Å². The van der Waals surface area contributed by atoms with Crippen molar-refractivity contribution in [2.45, 2.75) is 13.3 Å². The van der Waals surface area contributed by atoms with Crippen molar-refractivity contribution in [3.63, 3.8) is 0 Å². The maximum absolute atomic E-state index is 13.0. The standard InChI is InChI=1S/C27H25N3O4/c1-18-23(27(32)30(29-18)22-11-9-21(10-12-22)26(28)31)16-20-8-13-24(25(17-20)33-2)34-15-14-19-6-4-3-5-7-19/h3-13,16-17H,14-15H2,1-2H3,(H2,28,31). The minimum Gasteiger partial charge on any atom is -0.493 e. The summed E-state index contributed by atoms with van der Waals surface area (Å²) in [7, 11) is 1.58. The number of amides is 2. The molecule has 0 bridgehead atoms. The van der Waals surface area contributed by atoms with E-state index in [9.17, 15) is 9.59 Å². The SMILES string of the molecule is COc1cc(C=C2C(=O)N(c3ccc(C(N)=O)cc3)N=C2C)ccc1OCCc1ccccc1. The summed E-state index contributed by atoms with van der Waals surface area (Å²) in [6.07, 6.45) is 2.56. The van der Waals surface area contributed by atoms with Gasteiger partial charge in [0, 0.05) is 12.0 Å². The van der Waals surface area contributed by atoms with Crippen LogP contribution >= 0.6 is 0 Å². The van der Waals surface area contributed by atoms with E-state index in [-0.39, 0.29) is 5.91 Å². The fraction of sp³-hybridized carbons (Fsp3) is 0.148. The molecule has 1 aliphatic rings. The van der Waals surface area contributed by atoms with E-state index in [0.29, 0.717) is 40.6 Å². The van der Waals surface area contributed by atoms with Crippen LogP contribution in [0.15, 0.2) is 83.5 Å². The number of nitrogens with two attached hydrogens (primary N) is 1. The fourth-order valence-electron chi connectivity index (χ4n) is 3.61. The molecule has 3 aromatic carbocycles. The van der Waals surface area contributed by atoms with Crippen LogP contribution in [0.25, 0.3) is 6.08 Å². The molecule has 0 fully saturated rings. The highest BCUT2D eigenvalue weighted by molar-refractivity contribution is 6.32. The normalized spacial score (nSPS) is 14.3. The third-order valence-electron chi connectivity index (χ3n) is 5.45. The number of hydrogen-bond acceptors (Lipinski definition) is 5. The van der Waals surface area contributed by atoms with Gasteiger partial charge >= 0.3 is 0 Å². The van der Waals surface area contributed by atoms with E-state index >= 15 is 0 Å². The molecule has 0 unspecified atom stereocenters. The second kappa shape index (κ2) is 10.0. The van der Waals surface area contributed by atoms with Gasteiger partial charge in [-0.05, 0) is 60.5 Å². The van der Waals surface area contributed by atoms with Crippen molar-refractivity contribution < 1.29 is 19.1 Å². The Labute approximate surface area is 198 Å². The van der Waals surface area contributed by atoms with E-state index in [4.69, 9.17) is 15.2 Å². The van der Waals surface area contributed by atoms with Crippen LogP contribution in [0.3, 0.4) is 0 Å². The van der Waals surface area contributed by atoms with Crippen molar-refractivity contribution in [2.24, 2.45) is 10.8 Å². The number of methoxy groups -OCH3 is 1. The van der Waals surface area contributed by atoms with Gasteiger partial charge in [0.15, 0.2) is 11.5 Å². The number of carbonyl (C=O) groups excluding carboxylic acids is 2. The Morgan fingerprint density at radius 2 is 1.76 bits per heavy atom. The lowest BCUT2D eigenvalue weighted by atomic mass is 10.1. The first-order chi connectivity index (χ1) is 16.5. The highest BCUT2D eigenvalue weighted by Gasteiger charge is 2.28. The van der Waals surface area contributed by atoms with Gasteiger partial charge in [-0.15, -0.1) is 0 Å². The van der Waals surface area contributed by atoms with Crippen LogP contribution in [0.1, 0.15) is 28.4 Å². The molecular weight excluding hydrogens is 430 g/mol. The van der Waals surface area contributed by atoms with E-state index in [1.807, 2.05) is 36.4 Å². The van der Waals surface area contributed by atoms with Crippen LogP contribution in [0, 0.1) is 0 Å². The third-order valence-corrected chi connectivity index (χ3v) is 5.45. The van der Waals surface area contributed by atoms with Crippen LogP contribution in [-0.4, -0.2) is 31.2 Å². The van der Waals surface area contributed by atoms with Crippen molar-refractivity contribution in [2.75, 3.05) is 18.7 Å². The van der Waals surface area contributed by atoms with Gasteiger partial charge in [0.25, 0.3) is 5.91 Å². The Bertz CT molecular complexity index is 1260. The molecular formula is C27H25N3O4. The smallest absolute Gasteiger partial charge is 0.280 e. The monoisotopic (exact) mass is 455 g/mol. The van der Waals surface area contributed by atoms with Crippen LogP contribution in [-0.2, 0) is 11.2 Å². The van der Waals surface area contributed by atoms with Gasteiger partial charge in [0.2, 0.25) is 5.91 Å². The van der Waals surface area contributed by atoms with E-state index in [2.05, 4.69) is 17.2 Å². The number of anilines is 1. The van der Waals surface area contributed by atoms with Crippen molar-refractivity contribution in [3.8, 4) is 11.5 Å². The zero-order chi connectivity index (χ0) is 24.1. The van der Waals surface area contributed by atoms with Crippen molar-refractivity contribution >= 4 is 29.3 Å². The fourth-order valence-corrected chi connectivity index (χ4v) is 3.61. The van der Waals surface area contributed by atoms with Crippen LogP contribution < -0.4 is 20.2 Å². The molecule has 172 valence electrons. The molecule has 7 heteroatoms. The van der Waals surface area contributed by atoms with E-state index in [1.54, 1.807) is 44.4 Å². The average Bonchev–Trinajstić information content (AvgIpc) is 3.13. The van der Waals surface area contributed by atoms with Gasteiger partial charge in [0.1, 0.15) is 0 Å². The third kappa shape index (κ3) is 4.99. The van der Waals surface area contributed by atoms with Crippen LogP contribution in [0.5, 0.6) is 11.5 Å². The van der Waals surface area contributed by atoms with Gasteiger partial charge < -0.3 is 15.2 Å². The molecule has 2 N–H and O–H groups in total. The van der Waals surface area contributed by atoms with Gasteiger partial charge in [-0.3, -0.25) is 9.59 Å². The van der Waals surface area contributed by atoms with Gasteiger partial charge in [-0.25, -0.2) is 0 Å². The van der Waals surface area contributed by atoms with Gasteiger partial charge in [-0.1, -0.05) is 36.4 Å². The highest BCUT2D eigenvalue weighted by Crippen LogP contribution is 2.31. The molecule has 0 spiro atoms. The lowest BCUT2D eigenvalue weighted by Gasteiger charge is -2.12. The minimum absolute atomic E-state index is 0.258. The Balaban J connectivity index is 1.49. The molecule has 0 radical (unpaired) electrons. The average molecular weight is 456 g/mol. The van der Waals surface area contributed by atoms with Gasteiger partial charge in [0.05, 0.1) is 30.7 Å². The maximum atomic E-state index is 13.0. The number of nitrogens with zero attached hydrogens (tertiary/aromatic N) is 2. The van der Waals surface area contributed by atoms with E-state index in [0.717, 1.165) is 12.0 Å². The molecule has 7 nitrogen and oxygen atoms in total. The summed E-state index contributed by atoms with van der Waals surface area (Å²) in [4.78, 5) is 24.3. The van der Waals surface area contributed by atoms with E-state index in [1.165, 1.54) is 10.6 Å². The summed E-state index contributed by atoms with van der Waals surface area (Å²) in [5.74, 6) is 0.439. The number of hydrazone groups is 1. The largest absolute Gasteiger partial charge is 0.493 e. The summed E-state index contributed by atoms with van der Waals surface area (Å²) in [5.41, 5.74) is 9.25. The molecule has 4 rings (SSSR count). The summed E-state index contributed by atoms with van der Waals surface area (Å²) in [5, 5.41) is 5.69. The predicted molar refractivity (Wildman–Crippen MR) is 132 cm³/mol.